The summed E-state index contributed by atoms with van der Waals surface area (Å²) in [6.07, 6.45) is 2.20. The van der Waals surface area contributed by atoms with Crippen LogP contribution in [0.25, 0.3) is 10.8 Å². The van der Waals surface area contributed by atoms with Crippen molar-refractivity contribution < 1.29 is 5.11 Å². The van der Waals surface area contributed by atoms with Crippen LogP contribution in [0.1, 0.15) is 27.2 Å². The van der Waals surface area contributed by atoms with E-state index >= 15 is 0 Å². The Kier molecular flexibility index (Phi) is 4.05. The highest BCUT2D eigenvalue weighted by Crippen LogP contribution is 2.23. The molecule has 1 aromatic carbocycles. The lowest BCUT2D eigenvalue weighted by Gasteiger charge is -2.22. The van der Waals surface area contributed by atoms with Crippen LogP contribution in [0, 0.1) is 5.41 Å². The van der Waals surface area contributed by atoms with Crippen LogP contribution in [0.3, 0.4) is 0 Å². The zero-order valence-corrected chi connectivity index (χ0v) is 11.9. The first-order valence-corrected chi connectivity index (χ1v) is 6.71. The Labute approximate surface area is 114 Å². The van der Waals surface area contributed by atoms with Gasteiger partial charge in [-0.15, -0.1) is 0 Å². The van der Waals surface area contributed by atoms with E-state index in [4.69, 9.17) is 0 Å². The first kappa shape index (κ1) is 13.8. The van der Waals surface area contributed by atoms with Crippen LogP contribution in [-0.2, 0) is 0 Å². The molecule has 1 aromatic heterocycles. The monoisotopic (exact) mass is 258 g/mol. The number of fused-ring (bicyclic) bond motifs is 1. The minimum absolute atomic E-state index is 0.132. The van der Waals surface area contributed by atoms with Gasteiger partial charge < -0.3 is 10.4 Å². The van der Waals surface area contributed by atoms with Crippen molar-refractivity contribution in [3.63, 3.8) is 0 Å². The number of aromatic nitrogens is 1. The van der Waals surface area contributed by atoms with Crippen LogP contribution in [0.5, 0.6) is 0 Å². The van der Waals surface area contributed by atoms with Crippen LogP contribution in [-0.4, -0.2) is 22.7 Å². The van der Waals surface area contributed by atoms with E-state index < -0.39 is 0 Å². The maximum Gasteiger partial charge on any atom is 0.133 e. The highest BCUT2D eigenvalue weighted by Gasteiger charge is 2.16. The molecule has 0 aliphatic carbocycles. The van der Waals surface area contributed by atoms with Crippen molar-refractivity contribution in [3.05, 3.63) is 36.5 Å². The Morgan fingerprint density at radius 1 is 1.21 bits per heavy atom. The van der Waals surface area contributed by atoms with Gasteiger partial charge in [0, 0.05) is 18.1 Å². The molecule has 1 heterocycles. The summed E-state index contributed by atoms with van der Waals surface area (Å²) in [5.41, 5.74) is 0.132. The van der Waals surface area contributed by atoms with Gasteiger partial charge in [0.25, 0.3) is 0 Å². The largest absolute Gasteiger partial charge is 0.391 e. The van der Waals surface area contributed by atoms with E-state index in [1.807, 2.05) is 24.3 Å². The van der Waals surface area contributed by atoms with Gasteiger partial charge in [-0.3, -0.25) is 0 Å². The van der Waals surface area contributed by atoms with Crippen molar-refractivity contribution >= 4 is 16.6 Å². The van der Waals surface area contributed by atoms with Gasteiger partial charge in [0.1, 0.15) is 5.82 Å². The van der Waals surface area contributed by atoms with Crippen molar-refractivity contribution in [2.24, 2.45) is 5.41 Å². The lowest BCUT2D eigenvalue weighted by atomic mass is 9.89. The first-order valence-electron chi connectivity index (χ1n) is 6.71. The summed E-state index contributed by atoms with van der Waals surface area (Å²) in [4.78, 5) is 4.35. The summed E-state index contributed by atoms with van der Waals surface area (Å²) in [6, 6.07) is 10.1. The van der Waals surface area contributed by atoms with E-state index in [0.29, 0.717) is 6.54 Å². The van der Waals surface area contributed by atoms with Crippen LogP contribution in [0.4, 0.5) is 5.82 Å². The quantitative estimate of drug-likeness (QED) is 0.883. The SMILES string of the molecule is CC(C)(C)CC(O)CNc1nccc2ccccc12. The van der Waals surface area contributed by atoms with Gasteiger partial charge in [-0.05, 0) is 23.3 Å². The predicted octanol–water partition coefficient (Wildman–Crippen LogP) is 3.44. The van der Waals surface area contributed by atoms with Gasteiger partial charge in [-0.1, -0.05) is 45.0 Å². The summed E-state index contributed by atoms with van der Waals surface area (Å²) in [5, 5.41) is 15.5. The molecule has 102 valence electrons. The van der Waals surface area contributed by atoms with Gasteiger partial charge in [0.05, 0.1) is 6.10 Å². The Balaban J connectivity index is 2.06. The van der Waals surface area contributed by atoms with Crippen LogP contribution in [0.2, 0.25) is 0 Å². The number of hydrogen-bond acceptors (Lipinski definition) is 3. The Morgan fingerprint density at radius 3 is 2.68 bits per heavy atom. The smallest absolute Gasteiger partial charge is 0.133 e. The number of benzene rings is 1. The fourth-order valence-electron chi connectivity index (χ4n) is 2.25. The molecule has 1 unspecified atom stereocenters. The molecule has 0 saturated heterocycles. The molecule has 0 spiro atoms. The fourth-order valence-corrected chi connectivity index (χ4v) is 2.25. The molecule has 0 radical (unpaired) electrons. The molecule has 3 nitrogen and oxygen atoms in total. The molecular formula is C16H22N2O. The van der Waals surface area contributed by atoms with Gasteiger partial charge in [0.15, 0.2) is 0 Å². The maximum atomic E-state index is 10.0. The third-order valence-corrected chi connectivity index (χ3v) is 3.03. The average molecular weight is 258 g/mol. The van der Waals surface area contributed by atoms with E-state index in [1.54, 1.807) is 6.20 Å². The van der Waals surface area contributed by atoms with Gasteiger partial charge >= 0.3 is 0 Å². The summed E-state index contributed by atoms with van der Waals surface area (Å²) >= 11 is 0. The molecule has 2 rings (SSSR count). The molecule has 0 aliphatic heterocycles. The van der Waals surface area contributed by atoms with Crippen LogP contribution >= 0.6 is 0 Å². The maximum absolute atomic E-state index is 10.0. The van der Waals surface area contributed by atoms with E-state index in [1.165, 1.54) is 0 Å². The number of anilines is 1. The average Bonchev–Trinajstić information content (AvgIpc) is 2.34. The Hall–Kier alpha value is -1.61. The van der Waals surface area contributed by atoms with Crippen molar-refractivity contribution in [1.29, 1.82) is 0 Å². The first-order chi connectivity index (χ1) is 8.96. The van der Waals surface area contributed by atoms with Crippen LogP contribution in [0.15, 0.2) is 36.5 Å². The third kappa shape index (κ3) is 3.93. The lowest BCUT2D eigenvalue weighted by Crippen LogP contribution is -2.25. The number of nitrogens with one attached hydrogen (secondary N) is 1. The second-order valence-corrected chi connectivity index (χ2v) is 6.18. The highest BCUT2D eigenvalue weighted by atomic mass is 16.3. The summed E-state index contributed by atoms with van der Waals surface area (Å²) in [5.74, 6) is 0.839. The molecule has 0 bridgehead atoms. The second-order valence-electron chi connectivity index (χ2n) is 6.18. The molecular weight excluding hydrogens is 236 g/mol. The van der Waals surface area contributed by atoms with Crippen LogP contribution < -0.4 is 5.32 Å². The minimum Gasteiger partial charge on any atom is -0.391 e. The molecule has 3 heteroatoms. The van der Waals surface area contributed by atoms with E-state index in [-0.39, 0.29) is 11.5 Å². The zero-order chi connectivity index (χ0) is 13.9. The fraction of sp³-hybridized carbons (Fsp3) is 0.438. The molecule has 0 saturated carbocycles. The molecule has 0 fully saturated rings. The number of nitrogens with zero attached hydrogens (tertiary/aromatic N) is 1. The topological polar surface area (TPSA) is 45.1 Å². The van der Waals surface area contributed by atoms with Gasteiger partial charge in [-0.2, -0.15) is 0 Å². The molecule has 2 N–H and O–H groups in total. The van der Waals surface area contributed by atoms with Crippen molar-refractivity contribution in [1.82, 2.24) is 4.98 Å². The number of aliphatic hydroxyl groups is 1. The molecule has 0 amide bonds. The predicted molar refractivity (Wildman–Crippen MR) is 80.3 cm³/mol. The van der Waals surface area contributed by atoms with Crippen molar-refractivity contribution in [3.8, 4) is 0 Å². The minimum atomic E-state index is -0.360. The molecule has 0 aliphatic rings. The van der Waals surface area contributed by atoms with Crippen molar-refractivity contribution in [2.45, 2.75) is 33.3 Å². The second kappa shape index (κ2) is 5.57. The number of hydrogen-bond donors (Lipinski definition) is 2. The Morgan fingerprint density at radius 2 is 1.95 bits per heavy atom. The molecule has 1 atom stereocenters. The Bertz CT molecular complexity index is 540. The van der Waals surface area contributed by atoms with Crippen molar-refractivity contribution in [2.75, 3.05) is 11.9 Å². The highest BCUT2D eigenvalue weighted by molar-refractivity contribution is 5.91. The molecule has 19 heavy (non-hydrogen) atoms. The summed E-state index contributed by atoms with van der Waals surface area (Å²) in [7, 11) is 0. The lowest BCUT2D eigenvalue weighted by molar-refractivity contribution is 0.132. The van der Waals surface area contributed by atoms with E-state index in [9.17, 15) is 5.11 Å². The number of pyridine rings is 1. The third-order valence-electron chi connectivity index (χ3n) is 3.03. The number of rotatable bonds is 4. The molecule has 2 aromatic rings. The van der Waals surface area contributed by atoms with Gasteiger partial charge in [0.2, 0.25) is 0 Å². The zero-order valence-electron chi connectivity index (χ0n) is 11.9. The van der Waals surface area contributed by atoms with E-state index in [2.05, 4.69) is 37.1 Å². The van der Waals surface area contributed by atoms with Gasteiger partial charge in [-0.25, -0.2) is 4.98 Å². The normalized spacial score (nSPS) is 13.5. The summed E-state index contributed by atoms with van der Waals surface area (Å²) < 4.78 is 0. The van der Waals surface area contributed by atoms with E-state index in [0.717, 1.165) is 23.0 Å². The summed E-state index contributed by atoms with van der Waals surface area (Å²) in [6.45, 7) is 6.92. The standard InChI is InChI=1S/C16H22N2O/c1-16(2,3)10-13(19)11-18-15-14-7-5-4-6-12(14)8-9-17-15/h4-9,13,19H,10-11H2,1-3H3,(H,17,18). The number of aliphatic hydroxyl groups excluding tert-OH is 1.